The van der Waals surface area contributed by atoms with Crippen LogP contribution in [0, 0.1) is 0 Å². The number of rotatable bonds is 4. The molecular weight excluding hydrogens is 240 g/mol. The molecule has 0 unspecified atom stereocenters. The van der Waals surface area contributed by atoms with Crippen LogP contribution in [-0.4, -0.2) is 13.1 Å². The van der Waals surface area contributed by atoms with Crippen molar-refractivity contribution in [3.8, 4) is 11.5 Å². The minimum atomic E-state index is -0.371. The maximum absolute atomic E-state index is 11.0. The van der Waals surface area contributed by atoms with Gasteiger partial charge >= 0.3 is 5.97 Å². The van der Waals surface area contributed by atoms with Crippen LogP contribution < -0.4 is 4.74 Å². The van der Waals surface area contributed by atoms with E-state index in [1.165, 1.54) is 13.2 Å². The van der Waals surface area contributed by atoms with Gasteiger partial charge in [-0.2, -0.15) is 0 Å². The second kappa shape index (κ2) is 6.40. The Morgan fingerprint density at radius 3 is 2.21 bits per heavy atom. The summed E-state index contributed by atoms with van der Waals surface area (Å²) in [5, 5.41) is 0. The first-order valence-electron chi connectivity index (χ1n) is 5.87. The molecule has 0 radical (unpaired) electrons. The van der Waals surface area contributed by atoms with Gasteiger partial charge in [0.1, 0.15) is 11.5 Å². The summed E-state index contributed by atoms with van der Waals surface area (Å²) < 4.78 is 10.2. The Labute approximate surface area is 112 Å². The molecule has 0 atom stereocenters. The average molecular weight is 254 g/mol. The van der Waals surface area contributed by atoms with Crippen molar-refractivity contribution in [2.24, 2.45) is 0 Å². The van der Waals surface area contributed by atoms with Crippen molar-refractivity contribution >= 4 is 12.0 Å². The molecule has 0 bridgehead atoms. The summed E-state index contributed by atoms with van der Waals surface area (Å²) in [6, 6.07) is 17.0. The minimum absolute atomic E-state index is 0.371. The van der Waals surface area contributed by atoms with Gasteiger partial charge in [0, 0.05) is 6.08 Å². The number of ether oxygens (including phenoxy) is 2. The van der Waals surface area contributed by atoms with Crippen LogP contribution in [0.3, 0.4) is 0 Å². The first-order chi connectivity index (χ1) is 9.28. The predicted octanol–water partition coefficient (Wildman–Crippen LogP) is 3.67. The maximum atomic E-state index is 11.0. The Balaban J connectivity index is 2.03. The lowest BCUT2D eigenvalue weighted by molar-refractivity contribution is -0.134. The highest BCUT2D eigenvalue weighted by molar-refractivity contribution is 5.86. The standard InChI is InChI=1S/C16H14O3/c1-18-16(17)12-9-13-7-10-15(11-8-13)19-14-5-3-2-4-6-14/h2-12H,1H3/b12-9-. The molecule has 0 aliphatic rings. The maximum Gasteiger partial charge on any atom is 0.330 e. The van der Waals surface area contributed by atoms with Crippen LogP contribution >= 0.6 is 0 Å². The number of methoxy groups -OCH3 is 1. The van der Waals surface area contributed by atoms with Gasteiger partial charge in [-0.05, 0) is 35.9 Å². The van der Waals surface area contributed by atoms with Gasteiger partial charge in [-0.25, -0.2) is 4.79 Å². The van der Waals surface area contributed by atoms with Crippen molar-refractivity contribution in [3.05, 3.63) is 66.2 Å². The van der Waals surface area contributed by atoms with Gasteiger partial charge < -0.3 is 9.47 Å². The molecule has 96 valence electrons. The first-order valence-corrected chi connectivity index (χ1v) is 5.87. The molecule has 3 nitrogen and oxygen atoms in total. The summed E-state index contributed by atoms with van der Waals surface area (Å²) in [7, 11) is 1.35. The van der Waals surface area contributed by atoms with E-state index < -0.39 is 0 Å². The molecule has 0 heterocycles. The molecule has 0 saturated heterocycles. The van der Waals surface area contributed by atoms with Crippen LogP contribution in [0.25, 0.3) is 6.08 Å². The monoisotopic (exact) mass is 254 g/mol. The van der Waals surface area contributed by atoms with Crippen LogP contribution in [0.5, 0.6) is 11.5 Å². The van der Waals surface area contributed by atoms with Crippen LogP contribution in [0.4, 0.5) is 0 Å². The molecule has 0 fully saturated rings. The quantitative estimate of drug-likeness (QED) is 0.617. The van der Waals surface area contributed by atoms with Crippen LogP contribution in [0.1, 0.15) is 5.56 Å². The number of benzene rings is 2. The topological polar surface area (TPSA) is 35.5 Å². The smallest absolute Gasteiger partial charge is 0.330 e. The highest BCUT2D eigenvalue weighted by Crippen LogP contribution is 2.21. The number of carbonyl (C=O) groups excluding carboxylic acids is 1. The predicted molar refractivity (Wildman–Crippen MR) is 74.0 cm³/mol. The fourth-order valence-electron chi connectivity index (χ4n) is 1.50. The number of para-hydroxylation sites is 1. The Hall–Kier alpha value is -2.55. The lowest BCUT2D eigenvalue weighted by Crippen LogP contribution is -1.93. The van der Waals surface area contributed by atoms with E-state index in [0.717, 1.165) is 17.1 Å². The molecule has 0 aromatic heterocycles. The molecule has 0 N–H and O–H groups in total. The Morgan fingerprint density at radius 1 is 0.947 bits per heavy atom. The third kappa shape index (κ3) is 4.00. The summed E-state index contributed by atoms with van der Waals surface area (Å²) in [5.41, 5.74) is 0.908. The summed E-state index contributed by atoms with van der Waals surface area (Å²) in [5.74, 6) is 1.17. The van der Waals surface area contributed by atoms with Crippen molar-refractivity contribution in [1.29, 1.82) is 0 Å². The normalized spacial score (nSPS) is 10.4. The summed E-state index contributed by atoms with van der Waals surface area (Å²) in [6.45, 7) is 0. The van der Waals surface area contributed by atoms with Crippen LogP contribution in [0.15, 0.2) is 60.7 Å². The third-order valence-corrected chi connectivity index (χ3v) is 2.47. The lowest BCUT2D eigenvalue weighted by Gasteiger charge is -2.05. The van der Waals surface area contributed by atoms with Gasteiger partial charge in [0.05, 0.1) is 7.11 Å². The molecule has 2 aromatic carbocycles. The van der Waals surface area contributed by atoms with E-state index >= 15 is 0 Å². The van der Waals surface area contributed by atoms with Crippen molar-refractivity contribution in [3.63, 3.8) is 0 Å². The number of esters is 1. The number of hydrogen-bond acceptors (Lipinski definition) is 3. The fraction of sp³-hybridized carbons (Fsp3) is 0.0625. The van der Waals surface area contributed by atoms with Gasteiger partial charge in [-0.3, -0.25) is 0 Å². The van der Waals surface area contributed by atoms with Gasteiger partial charge in [0.2, 0.25) is 0 Å². The third-order valence-electron chi connectivity index (χ3n) is 2.47. The van der Waals surface area contributed by atoms with E-state index in [2.05, 4.69) is 4.74 Å². The zero-order chi connectivity index (χ0) is 13.5. The van der Waals surface area contributed by atoms with Gasteiger partial charge in [0.25, 0.3) is 0 Å². The molecule has 0 aliphatic heterocycles. The zero-order valence-corrected chi connectivity index (χ0v) is 10.6. The molecule has 3 heteroatoms. The van der Waals surface area contributed by atoms with E-state index in [1.54, 1.807) is 6.08 Å². The molecule has 19 heavy (non-hydrogen) atoms. The second-order valence-corrected chi connectivity index (χ2v) is 3.84. The second-order valence-electron chi connectivity index (χ2n) is 3.84. The van der Waals surface area contributed by atoms with E-state index in [-0.39, 0.29) is 5.97 Å². The van der Waals surface area contributed by atoms with Crippen molar-refractivity contribution in [2.45, 2.75) is 0 Å². The largest absolute Gasteiger partial charge is 0.466 e. The molecule has 0 saturated carbocycles. The molecule has 2 rings (SSSR count). The Kier molecular flexibility index (Phi) is 4.34. The van der Waals surface area contributed by atoms with Crippen molar-refractivity contribution in [2.75, 3.05) is 7.11 Å². The van der Waals surface area contributed by atoms with Gasteiger partial charge in [0.15, 0.2) is 0 Å². The molecule has 0 spiro atoms. The van der Waals surface area contributed by atoms with Gasteiger partial charge in [-0.1, -0.05) is 30.3 Å². The van der Waals surface area contributed by atoms with Gasteiger partial charge in [-0.15, -0.1) is 0 Å². The average Bonchev–Trinajstić information content (AvgIpc) is 2.47. The fourth-order valence-corrected chi connectivity index (χ4v) is 1.50. The van der Waals surface area contributed by atoms with E-state index in [4.69, 9.17) is 4.74 Å². The lowest BCUT2D eigenvalue weighted by atomic mass is 10.2. The van der Waals surface area contributed by atoms with Crippen molar-refractivity contribution in [1.82, 2.24) is 0 Å². The van der Waals surface area contributed by atoms with Crippen molar-refractivity contribution < 1.29 is 14.3 Å². The van der Waals surface area contributed by atoms with Crippen LogP contribution in [0.2, 0.25) is 0 Å². The van der Waals surface area contributed by atoms with Crippen LogP contribution in [-0.2, 0) is 9.53 Å². The van der Waals surface area contributed by atoms with E-state index in [9.17, 15) is 4.79 Å². The number of carbonyl (C=O) groups is 1. The summed E-state index contributed by atoms with van der Waals surface area (Å²) in [4.78, 5) is 11.0. The number of hydrogen-bond donors (Lipinski definition) is 0. The highest BCUT2D eigenvalue weighted by Gasteiger charge is 1.96. The zero-order valence-electron chi connectivity index (χ0n) is 10.6. The van der Waals surface area contributed by atoms with E-state index in [0.29, 0.717) is 0 Å². The van der Waals surface area contributed by atoms with E-state index in [1.807, 2.05) is 54.6 Å². The Morgan fingerprint density at radius 2 is 1.58 bits per heavy atom. The highest BCUT2D eigenvalue weighted by atomic mass is 16.5. The Bertz CT molecular complexity index is 556. The SMILES string of the molecule is COC(=O)/C=C\c1ccc(Oc2ccccc2)cc1. The summed E-state index contributed by atoms with van der Waals surface area (Å²) in [6.07, 6.45) is 3.07. The first kappa shape index (κ1) is 12.9. The molecular formula is C16H14O3. The minimum Gasteiger partial charge on any atom is -0.466 e. The molecule has 2 aromatic rings. The molecule has 0 aliphatic carbocycles. The summed E-state index contributed by atoms with van der Waals surface area (Å²) >= 11 is 0. The molecule has 0 amide bonds.